The van der Waals surface area contributed by atoms with Crippen molar-refractivity contribution in [3.63, 3.8) is 0 Å². The highest BCUT2D eigenvalue weighted by Crippen LogP contribution is 2.17. The molecule has 1 amide bonds. The highest BCUT2D eigenvalue weighted by molar-refractivity contribution is 7.09. The molecule has 0 radical (unpaired) electrons. The molecule has 1 unspecified atom stereocenters. The maximum absolute atomic E-state index is 12.4. The summed E-state index contributed by atoms with van der Waals surface area (Å²) >= 11 is 7.16. The molecule has 7 nitrogen and oxygen atoms in total. The van der Waals surface area contributed by atoms with E-state index in [9.17, 15) is 19.5 Å². The van der Waals surface area contributed by atoms with Crippen molar-refractivity contribution in [2.75, 3.05) is 0 Å². The van der Waals surface area contributed by atoms with Gasteiger partial charge in [-0.3, -0.25) is 14.6 Å². The predicted molar refractivity (Wildman–Crippen MR) is 94.3 cm³/mol. The van der Waals surface area contributed by atoms with Gasteiger partial charge in [0.25, 0.3) is 11.5 Å². The molecule has 0 saturated carbocycles. The van der Waals surface area contributed by atoms with E-state index in [2.05, 4.69) is 15.3 Å². The van der Waals surface area contributed by atoms with E-state index in [0.717, 1.165) is 4.88 Å². The van der Waals surface area contributed by atoms with Gasteiger partial charge in [-0.2, -0.15) is 0 Å². The molecule has 0 aliphatic heterocycles. The Labute approximate surface area is 150 Å². The van der Waals surface area contributed by atoms with Crippen LogP contribution < -0.4 is 10.9 Å². The minimum atomic E-state index is -1.17. The van der Waals surface area contributed by atoms with Crippen LogP contribution in [0.5, 0.6) is 0 Å². The summed E-state index contributed by atoms with van der Waals surface area (Å²) in [6.07, 6.45) is 1.66. The molecule has 2 heterocycles. The Bertz CT molecular complexity index is 1000. The fraction of sp³-hybridized carbons (Fsp3) is 0.125. The Morgan fingerprint density at radius 3 is 2.84 bits per heavy atom. The predicted octanol–water partition coefficient (Wildman–Crippen LogP) is 2.06. The number of pyridine rings is 1. The molecule has 0 aliphatic carbocycles. The van der Waals surface area contributed by atoms with E-state index in [1.54, 1.807) is 23.8 Å². The molecular formula is C16H12ClN3O4S. The Morgan fingerprint density at radius 2 is 2.16 bits per heavy atom. The van der Waals surface area contributed by atoms with Crippen molar-refractivity contribution in [2.24, 2.45) is 0 Å². The van der Waals surface area contributed by atoms with Gasteiger partial charge in [0.05, 0.1) is 5.51 Å². The van der Waals surface area contributed by atoms with E-state index in [4.69, 9.17) is 11.6 Å². The average molecular weight is 378 g/mol. The maximum Gasteiger partial charge on any atom is 0.326 e. The van der Waals surface area contributed by atoms with E-state index in [0.29, 0.717) is 15.8 Å². The number of hydrogen-bond donors (Lipinski definition) is 3. The number of aromatic amines is 1. The maximum atomic E-state index is 12.4. The molecule has 3 rings (SSSR count). The van der Waals surface area contributed by atoms with Gasteiger partial charge in [-0.05, 0) is 23.6 Å². The molecule has 1 aromatic carbocycles. The van der Waals surface area contributed by atoms with Gasteiger partial charge < -0.3 is 15.4 Å². The summed E-state index contributed by atoms with van der Waals surface area (Å²) in [6.45, 7) is 0. The van der Waals surface area contributed by atoms with E-state index >= 15 is 0 Å². The number of benzene rings is 1. The van der Waals surface area contributed by atoms with Gasteiger partial charge >= 0.3 is 5.97 Å². The average Bonchev–Trinajstić information content (AvgIpc) is 3.07. The number of H-pyrrole nitrogens is 1. The summed E-state index contributed by atoms with van der Waals surface area (Å²) in [4.78, 5) is 42.9. The summed E-state index contributed by atoms with van der Waals surface area (Å²) in [5.74, 6) is -1.84. The highest BCUT2D eigenvalue weighted by atomic mass is 35.5. The Kier molecular flexibility index (Phi) is 4.82. The lowest BCUT2D eigenvalue weighted by atomic mass is 10.1. The summed E-state index contributed by atoms with van der Waals surface area (Å²) < 4.78 is 0. The fourth-order valence-corrected chi connectivity index (χ4v) is 3.15. The normalized spacial score (nSPS) is 12.0. The number of thiazole rings is 1. The van der Waals surface area contributed by atoms with Gasteiger partial charge in [-0.15, -0.1) is 11.3 Å². The number of hydrogen-bond acceptors (Lipinski definition) is 5. The van der Waals surface area contributed by atoms with Crippen LogP contribution in [0, 0.1) is 0 Å². The first-order valence-corrected chi connectivity index (χ1v) is 8.43. The zero-order chi connectivity index (χ0) is 18.0. The van der Waals surface area contributed by atoms with Crippen molar-refractivity contribution >= 4 is 45.6 Å². The van der Waals surface area contributed by atoms with E-state index in [1.807, 2.05) is 0 Å². The Hall–Kier alpha value is -2.71. The monoisotopic (exact) mass is 377 g/mol. The second kappa shape index (κ2) is 7.04. The number of carbonyl (C=O) groups is 2. The van der Waals surface area contributed by atoms with Crippen molar-refractivity contribution in [3.8, 4) is 0 Å². The lowest BCUT2D eigenvalue weighted by molar-refractivity contribution is -0.139. The molecule has 128 valence electrons. The minimum Gasteiger partial charge on any atom is -0.480 e. The number of halogens is 1. The summed E-state index contributed by atoms with van der Waals surface area (Å²) in [7, 11) is 0. The highest BCUT2D eigenvalue weighted by Gasteiger charge is 2.22. The molecule has 2 aromatic heterocycles. The van der Waals surface area contributed by atoms with Crippen molar-refractivity contribution in [1.82, 2.24) is 15.3 Å². The number of fused-ring (bicyclic) bond motifs is 1. The zero-order valence-electron chi connectivity index (χ0n) is 12.7. The Balaban J connectivity index is 1.86. The van der Waals surface area contributed by atoms with Gasteiger partial charge in [0, 0.05) is 27.9 Å². The van der Waals surface area contributed by atoms with E-state index in [-0.39, 0.29) is 12.1 Å². The molecule has 0 saturated heterocycles. The number of carbonyl (C=O) groups excluding carboxylic acids is 1. The van der Waals surface area contributed by atoms with Crippen molar-refractivity contribution in [3.05, 3.63) is 61.9 Å². The standard InChI is InChI=1S/C16H12ClN3O4S/c17-9-2-1-8-3-12(19-14(21)11(8)4-9)15(22)20-13(16(23)24)5-10-6-18-7-25-10/h1-4,6-7,13H,5H2,(H,19,21)(H,20,22)(H,23,24). The first-order chi connectivity index (χ1) is 11.9. The van der Waals surface area contributed by atoms with E-state index < -0.39 is 23.5 Å². The second-order valence-electron chi connectivity index (χ2n) is 5.28. The zero-order valence-corrected chi connectivity index (χ0v) is 14.2. The van der Waals surface area contributed by atoms with Crippen LogP contribution in [0.25, 0.3) is 10.8 Å². The SMILES string of the molecule is O=C(NC(Cc1cncs1)C(=O)O)c1cc2ccc(Cl)cc2c(=O)[nH]1. The molecule has 25 heavy (non-hydrogen) atoms. The van der Waals surface area contributed by atoms with Crippen LogP contribution in [0.3, 0.4) is 0 Å². The minimum absolute atomic E-state index is 0.0182. The quantitative estimate of drug-likeness (QED) is 0.630. The third-order valence-corrected chi connectivity index (χ3v) is 4.58. The smallest absolute Gasteiger partial charge is 0.326 e. The lowest BCUT2D eigenvalue weighted by Gasteiger charge is -2.13. The van der Waals surface area contributed by atoms with Crippen molar-refractivity contribution in [1.29, 1.82) is 0 Å². The molecule has 0 bridgehead atoms. The molecule has 3 aromatic rings. The van der Waals surface area contributed by atoms with Crippen LogP contribution in [0.1, 0.15) is 15.4 Å². The largest absolute Gasteiger partial charge is 0.480 e. The topological polar surface area (TPSA) is 112 Å². The summed E-state index contributed by atoms with van der Waals surface area (Å²) in [5, 5.41) is 13.0. The van der Waals surface area contributed by atoms with Crippen LogP contribution >= 0.6 is 22.9 Å². The van der Waals surface area contributed by atoms with Crippen LogP contribution in [0.4, 0.5) is 0 Å². The van der Waals surface area contributed by atoms with Gasteiger partial charge in [0.1, 0.15) is 11.7 Å². The Morgan fingerprint density at radius 1 is 1.36 bits per heavy atom. The summed E-state index contributed by atoms with van der Waals surface area (Å²) in [5.41, 5.74) is 1.09. The number of aliphatic carboxylic acids is 1. The third-order valence-electron chi connectivity index (χ3n) is 3.54. The van der Waals surface area contributed by atoms with Crippen molar-refractivity contribution in [2.45, 2.75) is 12.5 Å². The van der Waals surface area contributed by atoms with Gasteiger partial charge in [0.2, 0.25) is 0 Å². The fourth-order valence-electron chi connectivity index (χ4n) is 2.33. The van der Waals surface area contributed by atoms with Crippen LogP contribution in [0.2, 0.25) is 5.02 Å². The molecular weight excluding hydrogens is 366 g/mol. The summed E-state index contributed by atoms with van der Waals surface area (Å²) in [6, 6.07) is 5.08. The molecule has 0 fully saturated rings. The third kappa shape index (κ3) is 3.86. The molecule has 0 aliphatic rings. The van der Waals surface area contributed by atoms with Gasteiger partial charge in [0.15, 0.2) is 0 Å². The van der Waals surface area contributed by atoms with Crippen molar-refractivity contribution < 1.29 is 14.7 Å². The second-order valence-corrected chi connectivity index (χ2v) is 6.69. The van der Waals surface area contributed by atoms with Crippen LogP contribution in [0.15, 0.2) is 40.8 Å². The van der Waals surface area contributed by atoms with E-state index in [1.165, 1.54) is 23.5 Å². The molecule has 9 heteroatoms. The lowest BCUT2D eigenvalue weighted by Crippen LogP contribution is -2.42. The van der Waals surface area contributed by atoms with Gasteiger partial charge in [-0.25, -0.2) is 4.79 Å². The number of carboxylic acid groups (broad SMARTS) is 1. The van der Waals surface area contributed by atoms with Gasteiger partial charge in [-0.1, -0.05) is 17.7 Å². The number of amides is 1. The number of nitrogens with one attached hydrogen (secondary N) is 2. The number of aromatic nitrogens is 2. The first-order valence-electron chi connectivity index (χ1n) is 7.17. The van der Waals surface area contributed by atoms with Crippen LogP contribution in [-0.2, 0) is 11.2 Å². The number of rotatable bonds is 5. The molecule has 3 N–H and O–H groups in total. The molecule has 0 spiro atoms. The molecule has 1 atom stereocenters. The number of nitrogens with zero attached hydrogens (tertiary/aromatic N) is 1. The number of carboxylic acids is 1. The first kappa shape index (κ1) is 17.1. The van der Waals surface area contributed by atoms with Crippen LogP contribution in [-0.4, -0.2) is 33.0 Å².